The summed E-state index contributed by atoms with van der Waals surface area (Å²) in [7, 11) is 0. The molecule has 0 saturated heterocycles. The molecule has 0 atom stereocenters. The highest BCUT2D eigenvalue weighted by Crippen LogP contribution is 2.25. The lowest BCUT2D eigenvalue weighted by Gasteiger charge is -2.18. The molecule has 4 heteroatoms. The van der Waals surface area contributed by atoms with Gasteiger partial charge >= 0.3 is 0 Å². The van der Waals surface area contributed by atoms with Crippen molar-refractivity contribution >= 4 is 5.82 Å². The van der Waals surface area contributed by atoms with E-state index in [-0.39, 0.29) is 11.2 Å². The number of aromatic nitrogens is 2. The molecule has 0 fully saturated rings. The number of benzene rings is 1. The molecule has 0 aliphatic rings. The zero-order chi connectivity index (χ0) is 13.3. The molecule has 0 amide bonds. The Bertz CT molecular complexity index is 556. The Hall–Kier alpha value is -2.10. The van der Waals surface area contributed by atoms with E-state index >= 15 is 0 Å². The van der Waals surface area contributed by atoms with E-state index in [4.69, 9.17) is 5.73 Å². The third-order valence-electron chi connectivity index (χ3n) is 2.64. The topological polar surface area (TPSA) is 72.0 Å². The molecule has 0 radical (unpaired) electrons. The number of hydrogen-bond acceptors (Lipinski definition) is 4. The van der Waals surface area contributed by atoms with Crippen LogP contribution in [-0.4, -0.2) is 15.1 Å². The Morgan fingerprint density at radius 1 is 1.06 bits per heavy atom. The number of rotatable bonds is 1. The number of anilines is 1. The summed E-state index contributed by atoms with van der Waals surface area (Å²) in [5.41, 5.74) is 7.48. The highest BCUT2D eigenvalue weighted by molar-refractivity contribution is 5.58. The number of phenols is 1. The fraction of sp³-hybridized carbons (Fsp3) is 0.286. The van der Waals surface area contributed by atoms with Crippen molar-refractivity contribution in [3.63, 3.8) is 0 Å². The van der Waals surface area contributed by atoms with Gasteiger partial charge in [0.25, 0.3) is 0 Å². The van der Waals surface area contributed by atoms with Crippen molar-refractivity contribution in [1.29, 1.82) is 0 Å². The highest BCUT2D eigenvalue weighted by atomic mass is 16.3. The van der Waals surface area contributed by atoms with Gasteiger partial charge in [0.2, 0.25) is 0 Å². The lowest BCUT2D eigenvalue weighted by atomic mass is 9.92. The van der Waals surface area contributed by atoms with E-state index < -0.39 is 0 Å². The smallest absolute Gasteiger partial charge is 0.161 e. The molecule has 18 heavy (non-hydrogen) atoms. The zero-order valence-electron chi connectivity index (χ0n) is 10.8. The van der Waals surface area contributed by atoms with Crippen molar-refractivity contribution in [2.75, 3.05) is 5.73 Å². The highest BCUT2D eigenvalue weighted by Gasteiger charge is 2.17. The second-order valence-electron chi connectivity index (χ2n) is 5.30. The third-order valence-corrected chi connectivity index (χ3v) is 2.64. The van der Waals surface area contributed by atoms with Crippen LogP contribution in [0, 0.1) is 0 Å². The van der Waals surface area contributed by atoms with E-state index in [1.807, 2.05) is 0 Å². The van der Waals surface area contributed by atoms with E-state index in [2.05, 4.69) is 30.7 Å². The summed E-state index contributed by atoms with van der Waals surface area (Å²) in [4.78, 5) is 8.76. The van der Waals surface area contributed by atoms with E-state index in [0.29, 0.717) is 11.6 Å². The van der Waals surface area contributed by atoms with Gasteiger partial charge in [-0.1, -0.05) is 20.8 Å². The van der Waals surface area contributed by atoms with Crippen LogP contribution < -0.4 is 5.73 Å². The minimum atomic E-state index is -0.0806. The first kappa shape index (κ1) is 12.4. The summed E-state index contributed by atoms with van der Waals surface area (Å²) in [6.45, 7) is 6.24. The maximum absolute atomic E-state index is 9.28. The number of nitrogens with zero attached hydrogens (tertiary/aromatic N) is 2. The number of nitrogens with two attached hydrogens (primary N) is 1. The van der Waals surface area contributed by atoms with Gasteiger partial charge in [-0.3, -0.25) is 0 Å². The number of phenolic OH excluding ortho intramolecular Hbond substituents is 1. The second kappa shape index (κ2) is 4.29. The Kier molecular flexibility index (Phi) is 2.95. The molecule has 0 spiro atoms. The average Bonchev–Trinajstić information content (AvgIpc) is 2.28. The van der Waals surface area contributed by atoms with Gasteiger partial charge in [0.05, 0.1) is 5.69 Å². The Morgan fingerprint density at radius 3 is 2.22 bits per heavy atom. The first-order valence-electron chi connectivity index (χ1n) is 5.81. The molecule has 1 aromatic carbocycles. The number of hydrogen-bond donors (Lipinski definition) is 2. The normalized spacial score (nSPS) is 11.5. The summed E-state index contributed by atoms with van der Waals surface area (Å²) in [6.07, 6.45) is 0. The molecule has 0 aliphatic heterocycles. The molecule has 3 N–H and O–H groups in total. The van der Waals surface area contributed by atoms with Gasteiger partial charge in [-0.2, -0.15) is 0 Å². The first-order chi connectivity index (χ1) is 8.36. The van der Waals surface area contributed by atoms with Crippen molar-refractivity contribution < 1.29 is 5.11 Å². The van der Waals surface area contributed by atoms with Crippen molar-refractivity contribution in [3.05, 3.63) is 36.0 Å². The van der Waals surface area contributed by atoms with Gasteiger partial charge in [-0.05, 0) is 24.3 Å². The lowest BCUT2D eigenvalue weighted by molar-refractivity contribution is 0.475. The third kappa shape index (κ3) is 2.59. The van der Waals surface area contributed by atoms with Crippen LogP contribution in [0.3, 0.4) is 0 Å². The summed E-state index contributed by atoms with van der Waals surface area (Å²) in [5, 5.41) is 9.28. The summed E-state index contributed by atoms with van der Waals surface area (Å²) in [5.74, 6) is 1.26. The minimum Gasteiger partial charge on any atom is -0.508 e. The van der Waals surface area contributed by atoms with Gasteiger partial charge in [-0.15, -0.1) is 0 Å². The molecule has 1 heterocycles. The van der Waals surface area contributed by atoms with Crippen LogP contribution in [0.15, 0.2) is 30.3 Å². The molecule has 1 aromatic heterocycles. The van der Waals surface area contributed by atoms with Crippen molar-refractivity contribution in [3.8, 4) is 17.1 Å². The van der Waals surface area contributed by atoms with Gasteiger partial charge in [0.1, 0.15) is 11.6 Å². The lowest BCUT2D eigenvalue weighted by Crippen LogP contribution is -2.15. The molecular formula is C14H17N3O. The Labute approximate surface area is 107 Å². The Morgan fingerprint density at radius 2 is 1.67 bits per heavy atom. The van der Waals surface area contributed by atoms with Crippen LogP contribution >= 0.6 is 0 Å². The fourth-order valence-electron chi connectivity index (χ4n) is 1.59. The van der Waals surface area contributed by atoms with E-state index in [1.165, 1.54) is 0 Å². The number of aromatic hydroxyl groups is 1. The molecular weight excluding hydrogens is 226 g/mol. The molecule has 0 unspecified atom stereocenters. The Balaban J connectivity index is 2.52. The van der Waals surface area contributed by atoms with Crippen LogP contribution in [0.1, 0.15) is 26.5 Å². The van der Waals surface area contributed by atoms with Crippen molar-refractivity contribution in [2.45, 2.75) is 26.2 Å². The maximum Gasteiger partial charge on any atom is 0.161 e. The fourth-order valence-corrected chi connectivity index (χ4v) is 1.59. The zero-order valence-corrected chi connectivity index (χ0v) is 10.8. The molecule has 0 saturated carbocycles. The van der Waals surface area contributed by atoms with E-state index in [0.717, 1.165) is 11.3 Å². The molecule has 94 valence electrons. The van der Waals surface area contributed by atoms with E-state index in [9.17, 15) is 5.11 Å². The van der Waals surface area contributed by atoms with Crippen LogP contribution in [0.4, 0.5) is 5.82 Å². The standard InChI is InChI=1S/C14H17N3O/c1-14(2,3)11-8-12(15)17-13(16-11)9-4-6-10(18)7-5-9/h4-8,18H,1-3H3,(H2,15,16,17). The summed E-state index contributed by atoms with van der Waals surface area (Å²) >= 11 is 0. The van der Waals surface area contributed by atoms with Crippen LogP contribution in [0.2, 0.25) is 0 Å². The SMILES string of the molecule is CC(C)(C)c1cc(N)nc(-c2ccc(O)cc2)n1. The quantitative estimate of drug-likeness (QED) is 0.807. The first-order valence-corrected chi connectivity index (χ1v) is 5.81. The monoisotopic (exact) mass is 243 g/mol. The largest absolute Gasteiger partial charge is 0.508 e. The summed E-state index contributed by atoms with van der Waals surface area (Å²) in [6, 6.07) is 8.56. The van der Waals surface area contributed by atoms with Gasteiger partial charge < -0.3 is 10.8 Å². The molecule has 4 nitrogen and oxygen atoms in total. The van der Waals surface area contributed by atoms with Crippen LogP contribution in [-0.2, 0) is 5.41 Å². The van der Waals surface area contributed by atoms with Crippen LogP contribution in [0.5, 0.6) is 5.75 Å². The van der Waals surface area contributed by atoms with Gasteiger partial charge in [-0.25, -0.2) is 9.97 Å². The number of nitrogen functional groups attached to an aromatic ring is 1. The summed E-state index contributed by atoms with van der Waals surface area (Å²) < 4.78 is 0. The molecule has 2 rings (SSSR count). The van der Waals surface area contributed by atoms with Crippen molar-refractivity contribution in [2.24, 2.45) is 0 Å². The average molecular weight is 243 g/mol. The van der Waals surface area contributed by atoms with Gasteiger partial charge in [0.15, 0.2) is 5.82 Å². The second-order valence-corrected chi connectivity index (χ2v) is 5.30. The molecule has 2 aromatic rings. The minimum absolute atomic E-state index is 0.0806. The predicted octanol–water partition coefficient (Wildman–Crippen LogP) is 2.73. The maximum atomic E-state index is 9.28. The molecule has 0 bridgehead atoms. The molecule has 0 aliphatic carbocycles. The van der Waals surface area contributed by atoms with Crippen molar-refractivity contribution in [1.82, 2.24) is 9.97 Å². The predicted molar refractivity (Wildman–Crippen MR) is 72.2 cm³/mol. The van der Waals surface area contributed by atoms with E-state index in [1.54, 1.807) is 30.3 Å². The van der Waals surface area contributed by atoms with Gasteiger partial charge in [0, 0.05) is 17.0 Å². The van der Waals surface area contributed by atoms with Crippen LogP contribution in [0.25, 0.3) is 11.4 Å².